The summed E-state index contributed by atoms with van der Waals surface area (Å²) >= 11 is 1.52. The minimum absolute atomic E-state index is 0.178. The minimum Gasteiger partial charge on any atom is -0.272 e. The Labute approximate surface area is 52.7 Å². The SMILES string of the molecule is CN1SCC(=O)N1C. The number of hydrazine groups is 1. The Morgan fingerprint density at radius 1 is 1.62 bits per heavy atom. The molecule has 0 radical (unpaired) electrons. The summed E-state index contributed by atoms with van der Waals surface area (Å²) in [6.07, 6.45) is 0. The van der Waals surface area contributed by atoms with Crippen LogP contribution in [0.4, 0.5) is 0 Å². The van der Waals surface area contributed by atoms with Crippen molar-refractivity contribution in [2.75, 3.05) is 19.8 Å². The quantitative estimate of drug-likeness (QED) is 0.432. The van der Waals surface area contributed by atoms with Gasteiger partial charge < -0.3 is 0 Å². The molecule has 3 nitrogen and oxygen atoms in total. The lowest BCUT2D eigenvalue weighted by atomic mass is 10.7. The van der Waals surface area contributed by atoms with Crippen LogP contribution >= 0.6 is 11.9 Å². The zero-order valence-corrected chi connectivity index (χ0v) is 5.73. The normalized spacial score (nSPS) is 22.8. The Morgan fingerprint density at radius 2 is 2.25 bits per heavy atom. The summed E-state index contributed by atoms with van der Waals surface area (Å²) in [6.45, 7) is 0. The van der Waals surface area contributed by atoms with Crippen LogP contribution in [-0.4, -0.2) is 35.2 Å². The van der Waals surface area contributed by atoms with Gasteiger partial charge in [-0.15, -0.1) is 0 Å². The van der Waals surface area contributed by atoms with Crippen LogP contribution < -0.4 is 0 Å². The highest BCUT2D eigenvalue weighted by Gasteiger charge is 2.21. The smallest absolute Gasteiger partial charge is 0.248 e. The van der Waals surface area contributed by atoms with Crippen molar-refractivity contribution >= 4 is 17.9 Å². The molecular weight excluding hydrogens is 124 g/mol. The molecule has 0 atom stereocenters. The van der Waals surface area contributed by atoms with Crippen LogP contribution in [0, 0.1) is 0 Å². The van der Waals surface area contributed by atoms with Gasteiger partial charge in [0.25, 0.3) is 0 Å². The van der Waals surface area contributed by atoms with Gasteiger partial charge in [0.05, 0.1) is 5.75 Å². The van der Waals surface area contributed by atoms with Crippen LogP contribution in [0.3, 0.4) is 0 Å². The van der Waals surface area contributed by atoms with E-state index in [4.69, 9.17) is 0 Å². The molecule has 4 heteroatoms. The second-order valence-corrected chi connectivity index (χ2v) is 2.73. The largest absolute Gasteiger partial charge is 0.272 e. The summed E-state index contributed by atoms with van der Waals surface area (Å²) in [7, 11) is 3.64. The first-order valence-corrected chi connectivity index (χ1v) is 3.29. The average Bonchev–Trinajstić information content (AvgIpc) is 1.98. The topological polar surface area (TPSA) is 23.6 Å². The molecule has 46 valence electrons. The first kappa shape index (κ1) is 5.91. The molecule has 0 bridgehead atoms. The maximum atomic E-state index is 10.6. The third-order valence-electron chi connectivity index (χ3n) is 1.16. The molecule has 0 aromatic rings. The lowest BCUT2D eigenvalue weighted by Gasteiger charge is -2.15. The van der Waals surface area contributed by atoms with Gasteiger partial charge in [0.15, 0.2) is 0 Å². The fourth-order valence-electron chi connectivity index (χ4n) is 0.486. The molecule has 0 saturated carbocycles. The zero-order valence-electron chi connectivity index (χ0n) is 4.92. The van der Waals surface area contributed by atoms with Gasteiger partial charge in [0.1, 0.15) is 0 Å². The Kier molecular flexibility index (Phi) is 1.44. The van der Waals surface area contributed by atoms with E-state index in [2.05, 4.69) is 0 Å². The van der Waals surface area contributed by atoms with Crippen LogP contribution in [0.5, 0.6) is 0 Å². The zero-order chi connectivity index (χ0) is 6.15. The predicted molar refractivity (Wildman–Crippen MR) is 33.0 cm³/mol. The summed E-state index contributed by atoms with van der Waals surface area (Å²) < 4.78 is 1.82. The summed E-state index contributed by atoms with van der Waals surface area (Å²) in [5.74, 6) is 0.769. The minimum atomic E-state index is 0.178. The number of hydrogen-bond acceptors (Lipinski definition) is 3. The third-order valence-corrected chi connectivity index (χ3v) is 2.15. The van der Waals surface area contributed by atoms with Gasteiger partial charge in [0.2, 0.25) is 5.91 Å². The van der Waals surface area contributed by atoms with E-state index in [1.54, 1.807) is 12.1 Å². The lowest BCUT2D eigenvalue weighted by Crippen LogP contribution is -2.29. The van der Waals surface area contributed by atoms with E-state index in [0.29, 0.717) is 5.75 Å². The maximum Gasteiger partial charge on any atom is 0.248 e. The second kappa shape index (κ2) is 1.95. The molecule has 1 aliphatic rings. The highest BCUT2D eigenvalue weighted by Crippen LogP contribution is 2.17. The van der Waals surface area contributed by atoms with Crippen molar-refractivity contribution in [3.8, 4) is 0 Å². The Hall–Kier alpha value is -0.220. The Balaban J connectivity index is 2.56. The number of amides is 1. The second-order valence-electron chi connectivity index (χ2n) is 1.66. The van der Waals surface area contributed by atoms with E-state index in [9.17, 15) is 4.79 Å². The summed E-state index contributed by atoms with van der Waals surface area (Å²) in [6, 6.07) is 0. The summed E-state index contributed by atoms with van der Waals surface area (Å²) in [5, 5.41) is 1.60. The molecule has 1 rings (SSSR count). The van der Waals surface area contributed by atoms with Gasteiger partial charge in [-0.1, -0.05) is 0 Å². The van der Waals surface area contributed by atoms with E-state index in [1.807, 2.05) is 11.5 Å². The summed E-state index contributed by atoms with van der Waals surface area (Å²) in [4.78, 5) is 10.6. The molecule has 0 aromatic carbocycles. The van der Waals surface area contributed by atoms with Gasteiger partial charge in [0, 0.05) is 14.1 Å². The van der Waals surface area contributed by atoms with Crippen molar-refractivity contribution in [3.05, 3.63) is 0 Å². The Morgan fingerprint density at radius 3 is 2.38 bits per heavy atom. The number of hydrogen-bond donors (Lipinski definition) is 0. The molecule has 1 aliphatic heterocycles. The van der Waals surface area contributed by atoms with E-state index in [-0.39, 0.29) is 5.91 Å². The van der Waals surface area contributed by atoms with E-state index < -0.39 is 0 Å². The molecular formula is C4H8N2OS. The van der Waals surface area contributed by atoms with E-state index in [1.165, 1.54) is 11.9 Å². The molecule has 0 spiro atoms. The van der Waals surface area contributed by atoms with Crippen molar-refractivity contribution in [1.82, 2.24) is 9.42 Å². The van der Waals surface area contributed by atoms with Crippen LogP contribution in [0.2, 0.25) is 0 Å². The van der Waals surface area contributed by atoms with Crippen LogP contribution in [0.15, 0.2) is 0 Å². The highest BCUT2D eigenvalue weighted by atomic mass is 32.2. The molecule has 0 aliphatic carbocycles. The molecule has 1 amide bonds. The molecule has 1 heterocycles. The number of rotatable bonds is 0. The maximum absolute atomic E-state index is 10.6. The average molecular weight is 132 g/mol. The van der Waals surface area contributed by atoms with Crippen molar-refractivity contribution in [2.24, 2.45) is 0 Å². The van der Waals surface area contributed by atoms with Gasteiger partial charge in [-0.25, -0.2) is 0 Å². The van der Waals surface area contributed by atoms with E-state index >= 15 is 0 Å². The first-order chi connectivity index (χ1) is 3.72. The van der Waals surface area contributed by atoms with Gasteiger partial charge in [-0.2, -0.15) is 4.41 Å². The van der Waals surface area contributed by atoms with Crippen molar-refractivity contribution < 1.29 is 4.79 Å². The fraction of sp³-hybridized carbons (Fsp3) is 0.750. The van der Waals surface area contributed by atoms with E-state index in [0.717, 1.165) is 0 Å². The molecule has 1 saturated heterocycles. The molecule has 8 heavy (non-hydrogen) atoms. The number of nitrogens with zero attached hydrogens (tertiary/aromatic N) is 2. The predicted octanol–water partition coefficient (Wildman–Crippen LogP) is -0.0466. The molecule has 0 N–H and O–H groups in total. The van der Waals surface area contributed by atoms with Crippen LogP contribution in [0.1, 0.15) is 0 Å². The van der Waals surface area contributed by atoms with Crippen molar-refractivity contribution in [1.29, 1.82) is 0 Å². The fourth-order valence-corrected chi connectivity index (χ4v) is 1.23. The van der Waals surface area contributed by atoms with Crippen LogP contribution in [-0.2, 0) is 4.79 Å². The number of carbonyl (C=O) groups is 1. The molecule has 1 fully saturated rings. The molecule has 0 unspecified atom stereocenters. The van der Waals surface area contributed by atoms with Crippen molar-refractivity contribution in [3.63, 3.8) is 0 Å². The van der Waals surface area contributed by atoms with Gasteiger partial charge in [-0.05, 0) is 11.9 Å². The number of carbonyl (C=O) groups excluding carboxylic acids is 1. The third kappa shape index (κ3) is 0.809. The molecule has 0 aromatic heterocycles. The highest BCUT2D eigenvalue weighted by molar-refractivity contribution is 7.98. The monoisotopic (exact) mass is 132 g/mol. The Bertz CT molecular complexity index is 117. The van der Waals surface area contributed by atoms with Crippen molar-refractivity contribution in [2.45, 2.75) is 0 Å². The van der Waals surface area contributed by atoms with Crippen LogP contribution in [0.25, 0.3) is 0 Å². The lowest BCUT2D eigenvalue weighted by molar-refractivity contribution is -0.132. The van der Waals surface area contributed by atoms with Gasteiger partial charge in [-0.3, -0.25) is 9.80 Å². The summed E-state index contributed by atoms with van der Waals surface area (Å²) in [5.41, 5.74) is 0. The first-order valence-electron chi connectivity index (χ1n) is 2.35. The standard InChI is InChI=1S/C4H8N2OS/c1-5-4(7)3-8-6(5)2/h3H2,1-2H3. The van der Waals surface area contributed by atoms with Gasteiger partial charge >= 0.3 is 0 Å².